The maximum atomic E-state index is 10.5. The summed E-state index contributed by atoms with van der Waals surface area (Å²) < 4.78 is 9.93. The van der Waals surface area contributed by atoms with Crippen LogP contribution in [0, 0.1) is 0 Å². The smallest absolute Gasteiger partial charge is 0.234 e. The average molecular weight is 190 g/mol. The molecule has 0 aromatic carbocycles. The Morgan fingerprint density at radius 2 is 1.85 bits per heavy atom. The van der Waals surface area contributed by atoms with Crippen LogP contribution in [0.2, 0.25) is 0 Å². The van der Waals surface area contributed by atoms with Gasteiger partial charge in [0.05, 0.1) is 6.04 Å². The van der Waals surface area contributed by atoms with Crippen LogP contribution in [-0.2, 0) is 14.3 Å². The van der Waals surface area contributed by atoms with Crippen LogP contribution < -0.4 is 11.5 Å². The van der Waals surface area contributed by atoms with Gasteiger partial charge >= 0.3 is 0 Å². The van der Waals surface area contributed by atoms with Crippen molar-refractivity contribution in [3.05, 3.63) is 0 Å². The van der Waals surface area contributed by atoms with Gasteiger partial charge in [0.15, 0.2) is 6.29 Å². The molecule has 5 heteroatoms. The van der Waals surface area contributed by atoms with Gasteiger partial charge in [-0.3, -0.25) is 4.79 Å². The van der Waals surface area contributed by atoms with Gasteiger partial charge in [-0.15, -0.1) is 0 Å². The first-order valence-electron chi connectivity index (χ1n) is 4.22. The van der Waals surface area contributed by atoms with E-state index in [1.807, 2.05) is 0 Å². The first kappa shape index (κ1) is 12.3. The Hall–Kier alpha value is -0.650. The standard InChI is InChI=1S/C8H18N2O3/c1-12-7(13-2)5-3-4-6(9)8(10)11/h6-7H,3-5,9H2,1-2H3,(H2,10,11). The zero-order valence-corrected chi connectivity index (χ0v) is 8.16. The first-order chi connectivity index (χ1) is 6.11. The molecule has 0 rings (SSSR count). The van der Waals surface area contributed by atoms with Crippen molar-refractivity contribution < 1.29 is 14.3 Å². The fraction of sp³-hybridized carbons (Fsp3) is 0.875. The molecule has 0 radical (unpaired) electrons. The first-order valence-corrected chi connectivity index (χ1v) is 4.22. The lowest BCUT2D eigenvalue weighted by Crippen LogP contribution is -2.36. The van der Waals surface area contributed by atoms with Crippen molar-refractivity contribution in [2.45, 2.75) is 31.6 Å². The molecular formula is C8H18N2O3. The van der Waals surface area contributed by atoms with E-state index in [0.717, 1.165) is 6.42 Å². The molecule has 0 saturated heterocycles. The number of primary amides is 1. The van der Waals surface area contributed by atoms with Crippen molar-refractivity contribution in [2.24, 2.45) is 11.5 Å². The topological polar surface area (TPSA) is 87.6 Å². The molecule has 0 aliphatic carbocycles. The molecule has 0 aliphatic rings. The highest BCUT2D eigenvalue weighted by Gasteiger charge is 2.10. The summed E-state index contributed by atoms with van der Waals surface area (Å²) in [5.74, 6) is -0.466. The van der Waals surface area contributed by atoms with E-state index < -0.39 is 11.9 Å². The van der Waals surface area contributed by atoms with Crippen molar-refractivity contribution in [3.63, 3.8) is 0 Å². The number of ether oxygens (including phenoxy) is 2. The largest absolute Gasteiger partial charge is 0.368 e. The summed E-state index contributed by atoms with van der Waals surface area (Å²) in [5.41, 5.74) is 10.4. The fourth-order valence-electron chi connectivity index (χ4n) is 0.979. The predicted octanol–water partition coefficient (Wildman–Crippen LogP) is -0.412. The Kier molecular flexibility index (Phi) is 6.48. The van der Waals surface area contributed by atoms with Gasteiger partial charge in [0.2, 0.25) is 5.91 Å². The third-order valence-electron chi connectivity index (χ3n) is 1.85. The SMILES string of the molecule is COC(CCCC(N)C(N)=O)OC. The molecule has 1 unspecified atom stereocenters. The molecule has 5 nitrogen and oxygen atoms in total. The molecule has 0 saturated carbocycles. The van der Waals surface area contributed by atoms with Gasteiger partial charge in [0, 0.05) is 14.2 Å². The summed E-state index contributed by atoms with van der Waals surface area (Å²) in [6.45, 7) is 0. The summed E-state index contributed by atoms with van der Waals surface area (Å²) in [5, 5.41) is 0. The normalized spacial score (nSPS) is 13.2. The van der Waals surface area contributed by atoms with Gasteiger partial charge in [-0.1, -0.05) is 0 Å². The minimum Gasteiger partial charge on any atom is -0.368 e. The van der Waals surface area contributed by atoms with E-state index in [-0.39, 0.29) is 6.29 Å². The quantitative estimate of drug-likeness (QED) is 0.534. The van der Waals surface area contributed by atoms with E-state index in [4.69, 9.17) is 20.9 Å². The molecule has 0 aliphatic heterocycles. The lowest BCUT2D eigenvalue weighted by molar-refractivity contribution is -0.120. The van der Waals surface area contributed by atoms with Gasteiger partial charge in [-0.2, -0.15) is 0 Å². The number of carbonyl (C=O) groups excluding carboxylic acids is 1. The Morgan fingerprint density at radius 3 is 2.23 bits per heavy atom. The van der Waals surface area contributed by atoms with Crippen LogP contribution in [0.4, 0.5) is 0 Å². The number of nitrogens with two attached hydrogens (primary N) is 2. The predicted molar refractivity (Wildman–Crippen MR) is 48.8 cm³/mol. The van der Waals surface area contributed by atoms with Gasteiger partial charge in [0.25, 0.3) is 0 Å². The van der Waals surface area contributed by atoms with E-state index in [0.29, 0.717) is 12.8 Å². The Balaban J connectivity index is 3.48. The molecule has 78 valence electrons. The molecule has 0 aromatic heterocycles. The zero-order chi connectivity index (χ0) is 10.3. The van der Waals surface area contributed by atoms with Crippen LogP contribution in [0.3, 0.4) is 0 Å². The Morgan fingerprint density at radius 1 is 1.31 bits per heavy atom. The maximum absolute atomic E-state index is 10.5. The van der Waals surface area contributed by atoms with E-state index in [1.54, 1.807) is 14.2 Å². The number of carbonyl (C=O) groups is 1. The molecule has 0 aromatic rings. The molecule has 0 spiro atoms. The number of rotatable bonds is 7. The van der Waals surface area contributed by atoms with Crippen molar-refractivity contribution in [1.29, 1.82) is 0 Å². The summed E-state index contributed by atoms with van der Waals surface area (Å²) in [7, 11) is 3.14. The molecule has 1 amide bonds. The van der Waals surface area contributed by atoms with Crippen molar-refractivity contribution in [3.8, 4) is 0 Å². The molecular weight excluding hydrogens is 172 g/mol. The second-order valence-corrected chi connectivity index (χ2v) is 2.84. The van der Waals surface area contributed by atoms with Crippen LogP contribution in [0.25, 0.3) is 0 Å². The van der Waals surface area contributed by atoms with Crippen LogP contribution in [-0.4, -0.2) is 32.5 Å². The Labute approximate surface area is 78.4 Å². The second-order valence-electron chi connectivity index (χ2n) is 2.84. The monoisotopic (exact) mass is 190 g/mol. The van der Waals surface area contributed by atoms with Crippen LogP contribution in [0.1, 0.15) is 19.3 Å². The molecule has 13 heavy (non-hydrogen) atoms. The van der Waals surface area contributed by atoms with Crippen molar-refractivity contribution in [2.75, 3.05) is 14.2 Å². The summed E-state index contributed by atoms with van der Waals surface area (Å²) in [6.07, 6.45) is 1.82. The molecule has 0 heterocycles. The van der Waals surface area contributed by atoms with E-state index in [1.165, 1.54) is 0 Å². The third kappa shape index (κ3) is 5.57. The van der Waals surface area contributed by atoms with Gasteiger partial charge in [-0.05, 0) is 19.3 Å². The highest BCUT2D eigenvalue weighted by molar-refractivity contribution is 5.79. The molecule has 4 N–H and O–H groups in total. The van der Waals surface area contributed by atoms with Gasteiger partial charge < -0.3 is 20.9 Å². The number of amides is 1. The zero-order valence-electron chi connectivity index (χ0n) is 8.16. The van der Waals surface area contributed by atoms with Crippen molar-refractivity contribution >= 4 is 5.91 Å². The van der Waals surface area contributed by atoms with Crippen LogP contribution in [0.15, 0.2) is 0 Å². The van der Waals surface area contributed by atoms with E-state index >= 15 is 0 Å². The van der Waals surface area contributed by atoms with Gasteiger partial charge in [-0.25, -0.2) is 0 Å². The average Bonchev–Trinajstić information content (AvgIpc) is 2.12. The minimum absolute atomic E-state index is 0.222. The third-order valence-corrected chi connectivity index (χ3v) is 1.85. The molecule has 0 fully saturated rings. The summed E-state index contributed by atoms with van der Waals surface area (Å²) in [4.78, 5) is 10.5. The maximum Gasteiger partial charge on any atom is 0.234 e. The number of hydrogen-bond donors (Lipinski definition) is 2. The summed E-state index contributed by atoms with van der Waals surface area (Å²) in [6, 6.07) is -0.561. The van der Waals surface area contributed by atoms with E-state index in [2.05, 4.69) is 0 Å². The molecule has 1 atom stereocenters. The lowest BCUT2D eigenvalue weighted by atomic mass is 10.1. The lowest BCUT2D eigenvalue weighted by Gasteiger charge is -2.13. The number of methoxy groups -OCH3 is 2. The Bertz CT molecular complexity index is 148. The summed E-state index contributed by atoms with van der Waals surface area (Å²) >= 11 is 0. The molecule has 0 bridgehead atoms. The highest BCUT2D eigenvalue weighted by Crippen LogP contribution is 2.05. The van der Waals surface area contributed by atoms with Gasteiger partial charge in [0.1, 0.15) is 0 Å². The van der Waals surface area contributed by atoms with Crippen LogP contribution in [0.5, 0.6) is 0 Å². The van der Waals surface area contributed by atoms with E-state index in [9.17, 15) is 4.79 Å². The van der Waals surface area contributed by atoms with Crippen LogP contribution >= 0.6 is 0 Å². The highest BCUT2D eigenvalue weighted by atomic mass is 16.7. The number of hydrogen-bond acceptors (Lipinski definition) is 4. The van der Waals surface area contributed by atoms with Crippen molar-refractivity contribution in [1.82, 2.24) is 0 Å². The fourth-order valence-corrected chi connectivity index (χ4v) is 0.979. The second kappa shape index (κ2) is 6.82. The minimum atomic E-state index is -0.561.